The fraction of sp³-hybridized carbons (Fsp3) is 0.959. The van der Waals surface area contributed by atoms with Crippen molar-refractivity contribution in [3.8, 4) is 0 Å². The van der Waals surface area contributed by atoms with E-state index in [9.17, 15) is 14.7 Å². The molecule has 0 aliphatic rings. The molecule has 0 heterocycles. The maximum Gasteiger partial charge on any atom is 0.306 e. The average Bonchev–Trinajstić information content (AvgIpc) is 3.16. The van der Waals surface area contributed by atoms with Crippen LogP contribution in [0.3, 0.4) is 0 Å². The molecule has 6 nitrogen and oxygen atoms in total. The zero-order valence-corrected chi connectivity index (χ0v) is 37.9. The summed E-state index contributed by atoms with van der Waals surface area (Å²) in [6.07, 6.45) is 41.2. The first kappa shape index (κ1) is 53.9. The van der Waals surface area contributed by atoms with Crippen LogP contribution in [0.1, 0.15) is 259 Å². The molecule has 0 aromatic rings. The molecule has 0 aliphatic carbocycles. The Morgan fingerprint density at radius 2 is 0.891 bits per heavy atom. The number of unbranched alkanes of at least 4 members (excludes halogenated alkanes) is 24. The van der Waals surface area contributed by atoms with Gasteiger partial charge in [0.05, 0.1) is 13.2 Å². The fourth-order valence-corrected chi connectivity index (χ4v) is 7.76. The summed E-state index contributed by atoms with van der Waals surface area (Å²) < 4.78 is 11.6. The highest BCUT2D eigenvalue weighted by Gasteiger charge is 2.19. The van der Waals surface area contributed by atoms with Crippen LogP contribution in [-0.4, -0.2) is 60.9 Å². The molecule has 0 fully saturated rings. The molecule has 0 aromatic heterocycles. The molecular formula is C49H97NO5. The Labute approximate surface area is 343 Å². The van der Waals surface area contributed by atoms with Crippen molar-refractivity contribution >= 4 is 11.9 Å². The lowest BCUT2D eigenvalue weighted by Gasteiger charge is -2.26. The molecule has 0 aromatic carbocycles. The average molecular weight is 780 g/mol. The maximum atomic E-state index is 12.8. The van der Waals surface area contributed by atoms with E-state index in [4.69, 9.17) is 9.47 Å². The number of carbonyl (C=O) groups is 2. The SMILES string of the molecule is CCCCCCCCCCC(=O)OCCC(C)(C)CCCCN(CCO)CCCCCCCC(=O)OC(CCCCCCCCC)CCCCCCCCC. The molecule has 0 spiro atoms. The van der Waals surface area contributed by atoms with E-state index < -0.39 is 0 Å². The minimum atomic E-state index is -0.0317. The molecule has 328 valence electrons. The van der Waals surface area contributed by atoms with Crippen LogP contribution in [0.4, 0.5) is 0 Å². The summed E-state index contributed by atoms with van der Waals surface area (Å²) in [6, 6.07) is 0. The summed E-state index contributed by atoms with van der Waals surface area (Å²) in [7, 11) is 0. The summed E-state index contributed by atoms with van der Waals surface area (Å²) in [5.74, 6) is -0.0148. The van der Waals surface area contributed by atoms with Crippen LogP contribution in [0.25, 0.3) is 0 Å². The zero-order chi connectivity index (χ0) is 40.5. The van der Waals surface area contributed by atoms with Crippen LogP contribution >= 0.6 is 0 Å². The van der Waals surface area contributed by atoms with Crippen LogP contribution in [0.2, 0.25) is 0 Å². The number of ether oxygens (including phenoxy) is 2. The van der Waals surface area contributed by atoms with Crippen molar-refractivity contribution in [1.82, 2.24) is 4.90 Å². The number of aliphatic hydroxyl groups is 1. The van der Waals surface area contributed by atoms with Crippen molar-refractivity contribution in [3.63, 3.8) is 0 Å². The molecule has 0 atom stereocenters. The summed E-state index contributed by atoms with van der Waals surface area (Å²) >= 11 is 0. The standard InChI is InChI=1S/C49H97NO5/c1-6-9-12-15-18-21-25-30-37-47(52)54-45-40-49(4,5)39-32-34-42-50(43-44-51)41-33-27-22-26-31-38-48(53)55-46(35-28-23-19-16-13-10-7-2)36-29-24-20-17-14-11-8-3/h46,51H,6-45H2,1-5H3. The molecule has 0 radical (unpaired) electrons. The third kappa shape index (κ3) is 39.5. The van der Waals surface area contributed by atoms with Crippen molar-refractivity contribution < 1.29 is 24.2 Å². The lowest BCUT2D eigenvalue weighted by Crippen LogP contribution is -2.29. The number of esters is 2. The minimum Gasteiger partial charge on any atom is -0.466 e. The molecule has 0 amide bonds. The predicted molar refractivity (Wildman–Crippen MR) is 237 cm³/mol. The lowest BCUT2D eigenvalue weighted by molar-refractivity contribution is -0.150. The first-order valence-corrected chi connectivity index (χ1v) is 24.5. The highest BCUT2D eigenvalue weighted by atomic mass is 16.5. The van der Waals surface area contributed by atoms with Gasteiger partial charge in [0.25, 0.3) is 0 Å². The molecule has 0 unspecified atom stereocenters. The molecule has 0 aliphatic heterocycles. The van der Waals surface area contributed by atoms with E-state index in [-0.39, 0.29) is 30.1 Å². The number of nitrogens with zero attached hydrogens (tertiary/aromatic N) is 1. The normalized spacial score (nSPS) is 11.9. The second-order valence-corrected chi connectivity index (χ2v) is 17.8. The number of hydrogen-bond donors (Lipinski definition) is 1. The molecule has 0 rings (SSSR count). The van der Waals surface area contributed by atoms with E-state index in [1.807, 2.05) is 0 Å². The highest BCUT2D eigenvalue weighted by molar-refractivity contribution is 5.69. The maximum absolute atomic E-state index is 12.8. The van der Waals surface area contributed by atoms with Crippen molar-refractivity contribution in [2.45, 2.75) is 265 Å². The molecule has 0 saturated heterocycles. The third-order valence-electron chi connectivity index (χ3n) is 11.7. The van der Waals surface area contributed by atoms with Crippen LogP contribution in [-0.2, 0) is 19.1 Å². The van der Waals surface area contributed by atoms with E-state index in [1.54, 1.807) is 0 Å². The van der Waals surface area contributed by atoms with Gasteiger partial charge in [-0.3, -0.25) is 9.59 Å². The Balaban J connectivity index is 4.15. The van der Waals surface area contributed by atoms with Gasteiger partial charge in [-0.25, -0.2) is 0 Å². The van der Waals surface area contributed by atoms with E-state index in [0.717, 1.165) is 96.7 Å². The minimum absolute atomic E-state index is 0.0169. The summed E-state index contributed by atoms with van der Waals surface area (Å²) in [5.41, 5.74) is 0.162. The fourth-order valence-electron chi connectivity index (χ4n) is 7.76. The Hall–Kier alpha value is -1.14. The highest BCUT2D eigenvalue weighted by Crippen LogP contribution is 2.28. The molecule has 0 bridgehead atoms. The number of carbonyl (C=O) groups excluding carboxylic acids is 2. The second-order valence-electron chi connectivity index (χ2n) is 17.8. The van der Waals surface area contributed by atoms with Gasteiger partial charge in [-0.15, -0.1) is 0 Å². The molecule has 1 N–H and O–H groups in total. The van der Waals surface area contributed by atoms with Gasteiger partial charge in [-0.2, -0.15) is 0 Å². The lowest BCUT2D eigenvalue weighted by atomic mass is 9.84. The predicted octanol–water partition coefficient (Wildman–Crippen LogP) is 14.5. The van der Waals surface area contributed by atoms with Crippen molar-refractivity contribution in [1.29, 1.82) is 0 Å². The van der Waals surface area contributed by atoms with Gasteiger partial charge in [0.2, 0.25) is 0 Å². The summed E-state index contributed by atoms with van der Waals surface area (Å²) in [6.45, 7) is 14.9. The second kappa shape index (κ2) is 41.0. The van der Waals surface area contributed by atoms with Crippen LogP contribution < -0.4 is 0 Å². The number of hydrogen-bond acceptors (Lipinski definition) is 6. The molecule has 55 heavy (non-hydrogen) atoms. The Kier molecular flexibility index (Phi) is 40.2. The van der Waals surface area contributed by atoms with E-state index in [0.29, 0.717) is 19.4 Å². The third-order valence-corrected chi connectivity index (χ3v) is 11.7. The van der Waals surface area contributed by atoms with Gasteiger partial charge >= 0.3 is 11.9 Å². The number of aliphatic hydroxyl groups excluding tert-OH is 1. The van der Waals surface area contributed by atoms with E-state index >= 15 is 0 Å². The van der Waals surface area contributed by atoms with Crippen LogP contribution in [0.15, 0.2) is 0 Å². The van der Waals surface area contributed by atoms with E-state index in [2.05, 4.69) is 39.5 Å². The zero-order valence-electron chi connectivity index (χ0n) is 37.9. The largest absolute Gasteiger partial charge is 0.466 e. The van der Waals surface area contributed by atoms with Gasteiger partial charge in [-0.1, -0.05) is 182 Å². The van der Waals surface area contributed by atoms with Gasteiger partial charge in [-0.05, 0) is 82.7 Å². The van der Waals surface area contributed by atoms with Gasteiger partial charge in [0, 0.05) is 19.4 Å². The molecular weight excluding hydrogens is 683 g/mol. The molecule has 0 saturated carbocycles. The topological polar surface area (TPSA) is 76.1 Å². The summed E-state index contributed by atoms with van der Waals surface area (Å²) in [5, 5.41) is 9.64. The van der Waals surface area contributed by atoms with Crippen LogP contribution in [0, 0.1) is 5.41 Å². The monoisotopic (exact) mass is 780 g/mol. The Bertz CT molecular complexity index is 799. The van der Waals surface area contributed by atoms with Crippen molar-refractivity contribution in [2.75, 3.05) is 32.8 Å². The summed E-state index contributed by atoms with van der Waals surface area (Å²) in [4.78, 5) is 27.4. The van der Waals surface area contributed by atoms with E-state index in [1.165, 1.54) is 135 Å². The quantitative estimate of drug-likeness (QED) is 0.0490. The van der Waals surface area contributed by atoms with Crippen molar-refractivity contribution in [2.24, 2.45) is 5.41 Å². The first-order valence-electron chi connectivity index (χ1n) is 24.5. The number of rotatable bonds is 44. The first-order chi connectivity index (χ1) is 26.8. The van der Waals surface area contributed by atoms with Gasteiger partial charge in [0.15, 0.2) is 0 Å². The molecule has 6 heteroatoms. The van der Waals surface area contributed by atoms with Gasteiger partial charge in [0.1, 0.15) is 6.10 Å². The Morgan fingerprint density at radius 1 is 0.491 bits per heavy atom. The van der Waals surface area contributed by atoms with Crippen LogP contribution in [0.5, 0.6) is 0 Å². The van der Waals surface area contributed by atoms with Crippen molar-refractivity contribution in [3.05, 3.63) is 0 Å². The smallest absolute Gasteiger partial charge is 0.306 e. The van der Waals surface area contributed by atoms with Gasteiger partial charge < -0.3 is 19.5 Å². The Morgan fingerprint density at radius 3 is 1.36 bits per heavy atom.